The minimum Gasteiger partial charge on any atom is -0.480 e. The van der Waals surface area contributed by atoms with Crippen LogP contribution < -0.4 is 0 Å². The van der Waals surface area contributed by atoms with E-state index in [1.807, 2.05) is 13.0 Å². The molecular weight excluding hydrogens is 286 g/mol. The number of hydrogen-bond donors (Lipinski definition) is 2. The van der Waals surface area contributed by atoms with Crippen molar-refractivity contribution in [3.05, 3.63) is 35.7 Å². The van der Waals surface area contributed by atoms with Gasteiger partial charge in [0.15, 0.2) is 0 Å². The Kier molecular flexibility index (Phi) is 3.66. The van der Waals surface area contributed by atoms with Crippen molar-refractivity contribution >= 4 is 11.9 Å². The fourth-order valence-electron chi connectivity index (χ4n) is 2.66. The molecule has 0 saturated heterocycles. The Balaban J connectivity index is 1.71. The summed E-state index contributed by atoms with van der Waals surface area (Å²) in [5.41, 5.74) is 2.41. The van der Waals surface area contributed by atoms with Crippen LogP contribution in [0.4, 0.5) is 0 Å². The first-order valence-corrected chi connectivity index (χ1v) is 7.08. The molecule has 0 spiro atoms. The predicted octanol–water partition coefficient (Wildman–Crippen LogP) is 0.343. The molecule has 3 heterocycles. The molecule has 2 aromatic heterocycles. The zero-order chi connectivity index (χ0) is 15.7. The first-order valence-electron chi connectivity index (χ1n) is 7.08. The van der Waals surface area contributed by atoms with Crippen LogP contribution in [0.1, 0.15) is 23.5 Å². The first-order chi connectivity index (χ1) is 10.5. The third-order valence-corrected chi connectivity index (χ3v) is 3.83. The van der Waals surface area contributed by atoms with Crippen LogP contribution in [0.3, 0.4) is 0 Å². The summed E-state index contributed by atoms with van der Waals surface area (Å²) >= 11 is 0. The first kappa shape index (κ1) is 14.3. The van der Waals surface area contributed by atoms with Crippen molar-refractivity contribution < 1.29 is 14.7 Å². The topological polar surface area (TPSA) is 104 Å². The lowest BCUT2D eigenvalue weighted by Crippen LogP contribution is -2.48. The fraction of sp³-hybridized carbons (Fsp3) is 0.429. The molecule has 0 aromatic carbocycles. The number of carbonyl (C=O) groups excluding carboxylic acids is 1. The van der Waals surface area contributed by atoms with Gasteiger partial charge in [-0.3, -0.25) is 9.48 Å². The second-order valence-corrected chi connectivity index (χ2v) is 5.38. The molecule has 2 aromatic rings. The van der Waals surface area contributed by atoms with E-state index in [1.54, 1.807) is 10.9 Å². The van der Waals surface area contributed by atoms with Gasteiger partial charge in [-0.15, -0.1) is 0 Å². The van der Waals surface area contributed by atoms with Crippen LogP contribution >= 0.6 is 0 Å². The fourth-order valence-corrected chi connectivity index (χ4v) is 2.66. The van der Waals surface area contributed by atoms with Gasteiger partial charge in [-0.25, -0.2) is 9.78 Å². The number of imidazole rings is 1. The Morgan fingerprint density at radius 3 is 3.00 bits per heavy atom. The van der Waals surface area contributed by atoms with E-state index in [1.165, 1.54) is 11.2 Å². The average Bonchev–Trinajstić information content (AvgIpc) is 3.11. The Morgan fingerprint density at radius 2 is 2.32 bits per heavy atom. The number of aromatic nitrogens is 4. The van der Waals surface area contributed by atoms with Crippen molar-refractivity contribution in [2.75, 3.05) is 0 Å². The second kappa shape index (κ2) is 5.63. The van der Waals surface area contributed by atoms with Crippen molar-refractivity contribution in [3.8, 4) is 0 Å². The molecule has 3 rings (SSSR count). The minimum atomic E-state index is -1.00. The van der Waals surface area contributed by atoms with Gasteiger partial charge in [0.25, 0.3) is 0 Å². The number of aliphatic carboxylic acids is 1. The molecule has 116 valence electrons. The SMILES string of the molecule is Cc1ccn(CCC(=O)N2Cc3[nH]cnc3C[C@@H]2C(=O)O)n1. The number of carbonyl (C=O) groups is 2. The lowest BCUT2D eigenvalue weighted by Gasteiger charge is -2.32. The van der Waals surface area contributed by atoms with Gasteiger partial charge in [0.2, 0.25) is 5.91 Å². The van der Waals surface area contributed by atoms with Crippen molar-refractivity contribution in [2.45, 2.75) is 38.9 Å². The summed E-state index contributed by atoms with van der Waals surface area (Å²) in [6, 6.07) is 1.00. The third kappa shape index (κ3) is 2.72. The van der Waals surface area contributed by atoms with Crippen LogP contribution in [0.25, 0.3) is 0 Å². The van der Waals surface area contributed by atoms with Gasteiger partial charge >= 0.3 is 5.97 Å². The van der Waals surface area contributed by atoms with Crippen LogP contribution in [0, 0.1) is 6.92 Å². The molecule has 0 radical (unpaired) electrons. The lowest BCUT2D eigenvalue weighted by atomic mass is 10.0. The Bertz CT molecular complexity index is 705. The summed E-state index contributed by atoms with van der Waals surface area (Å²) in [4.78, 5) is 32.3. The molecule has 8 nitrogen and oxygen atoms in total. The maximum absolute atomic E-state index is 12.4. The van der Waals surface area contributed by atoms with Crippen molar-refractivity contribution in [1.82, 2.24) is 24.6 Å². The molecule has 1 amide bonds. The van der Waals surface area contributed by atoms with Crippen LogP contribution in [0.2, 0.25) is 0 Å². The molecule has 0 aliphatic carbocycles. The number of aryl methyl sites for hydroxylation is 2. The molecule has 1 atom stereocenters. The summed E-state index contributed by atoms with van der Waals surface area (Å²) in [5.74, 6) is -1.20. The number of hydrogen-bond acceptors (Lipinski definition) is 4. The number of carboxylic acids is 1. The Labute approximate surface area is 126 Å². The molecular formula is C14H17N5O3. The van der Waals surface area contributed by atoms with Gasteiger partial charge in [-0.1, -0.05) is 0 Å². The van der Waals surface area contributed by atoms with Crippen LogP contribution in [0.5, 0.6) is 0 Å². The van der Waals surface area contributed by atoms with Gasteiger partial charge in [0.1, 0.15) is 6.04 Å². The number of H-pyrrole nitrogens is 1. The van der Waals surface area contributed by atoms with Gasteiger partial charge in [-0.05, 0) is 13.0 Å². The van der Waals surface area contributed by atoms with E-state index in [0.717, 1.165) is 17.1 Å². The zero-order valence-electron chi connectivity index (χ0n) is 12.2. The Hall–Kier alpha value is -2.64. The molecule has 0 unspecified atom stereocenters. The summed E-state index contributed by atoms with van der Waals surface area (Å²) < 4.78 is 1.69. The van der Waals surface area contributed by atoms with Gasteiger partial charge in [-0.2, -0.15) is 5.10 Å². The largest absolute Gasteiger partial charge is 0.480 e. The number of nitrogens with one attached hydrogen (secondary N) is 1. The second-order valence-electron chi connectivity index (χ2n) is 5.38. The van der Waals surface area contributed by atoms with E-state index in [0.29, 0.717) is 6.54 Å². The molecule has 0 saturated carbocycles. The maximum Gasteiger partial charge on any atom is 0.326 e. The number of fused-ring (bicyclic) bond motifs is 1. The maximum atomic E-state index is 12.4. The molecule has 0 bridgehead atoms. The highest BCUT2D eigenvalue weighted by Crippen LogP contribution is 2.21. The summed E-state index contributed by atoms with van der Waals surface area (Å²) in [5, 5.41) is 13.6. The van der Waals surface area contributed by atoms with E-state index in [2.05, 4.69) is 15.1 Å². The van der Waals surface area contributed by atoms with Crippen molar-refractivity contribution in [2.24, 2.45) is 0 Å². The van der Waals surface area contributed by atoms with Gasteiger partial charge < -0.3 is 15.0 Å². The lowest BCUT2D eigenvalue weighted by molar-refractivity contribution is -0.151. The van der Waals surface area contributed by atoms with Crippen molar-refractivity contribution in [1.29, 1.82) is 0 Å². The standard InChI is InChI=1S/C14H17N5O3/c1-9-2-4-18(17-9)5-3-13(20)19-7-11-10(15-8-16-11)6-12(19)14(21)22/h2,4,8,12H,3,5-7H2,1H3,(H,15,16)(H,21,22)/t12-/m1/s1. The monoisotopic (exact) mass is 303 g/mol. The van der Waals surface area contributed by atoms with E-state index in [4.69, 9.17) is 0 Å². The van der Waals surface area contributed by atoms with Gasteiger partial charge in [0.05, 0.1) is 30.0 Å². The smallest absolute Gasteiger partial charge is 0.326 e. The zero-order valence-corrected chi connectivity index (χ0v) is 12.2. The van der Waals surface area contributed by atoms with E-state index >= 15 is 0 Å². The summed E-state index contributed by atoms with van der Waals surface area (Å²) in [7, 11) is 0. The number of rotatable bonds is 4. The molecule has 8 heteroatoms. The summed E-state index contributed by atoms with van der Waals surface area (Å²) in [6.45, 7) is 2.57. The van der Waals surface area contributed by atoms with Crippen molar-refractivity contribution in [3.63, 3.8) is 0 Å². The average molecular weight is 303 g/mol. The highest BCUT2D eigenvalue weighted by molar-refractivity contribution is 5.84. The molecule has 1 aliphatic rings. The van der Waals surface area contributed by atoms with E-state index in [9.17, 15) is 14.7 Å². The number of nitrogens with zero attached hydrogens (tertiary/aromatic N) is 4. The minimum absolute atomic E-state index is 0.194. The molecule has 1 aliphatic heterocycles. The molecule has 2 N–H and O–H groups in total. The third-order valence-electron chi connectivity index (χ3n) is 3.83. The number of carboxylic acid groups (broad SMARTS) is 1. The van der Waals surface area contributed by atoms with E-state index < -0.39 is 12.0 Å². The predicted molar refractivity (Wildman–Crippen MR) is 75.8 cm³/mol. The normalized spacial score (nSPS) is 17.3. The van der Waals surface area contributed by atoms with Crippen LogP contribution in [-0.2, 0) is 29.1 Å². The van der Waals surface area contributed by atoms with Crippen LogP contribution in [0.15, 0.2) is 18.6 Å². The molecule has 22 heavy (non-hydrogen) atoms. The Morgan fingerprint density at radius 1 is 1.50 bits per heavy atom. The van der Waals surface area contributed by atoms with Gasteiger partial charge in [0, 0.05) is 25.6 Å². The quantitative estimate of drug-likeness (QED) is 0.847. The molecule has 0 fully saturated rings. The van der Waals surface area contributed by atoms with Crippen LogP contribution in [-0.4, -0.2) is 47.7 Å². The highest BCUT2D eigenvalue weighted by Gasteiger charge is 2.35. The highest BCUT2D eigenvalue weighted by atomic mass is 16.4. The number of amides is 1. The van der Waals surface area contributed by atoms with E-state index in [-0.39, 0.29) is 25.3 Å². The summed E-state index contributed by atoms with van der Waals surface area (Å²) in [6.07, 6.45) is 3.79. The number of aromatic amines is 1.